The van der Waals surface area contributed by atoms with Crippen LogP contribution >= 0.6 is 0 Å². The molecule has 1 aliphatic rings. The summed E-state index contributed by atoms with van der Waals surface area (Å²) in [6, 6.07) is 10.1. The highest BCUT2D eigenvalue weighted by Crippen LogP contribution is 2.22. The van der Waals surface area contributed by atoms with E-state index in [0.717, 1.165) is 11.1 Å². The maximum absolute atomic E-state index is 12.8. The summed E-state index contributed by atoms with van der Waals surface area (Å²) in [5, 5.41) is 9.60. The van der Waals surface area contributed by atoms with Gasteiger partial charge in [0.25, 0.3) is 11.8 Å². The lowest BCUT2D eigenvalue weighted by molar-refractivity contribution is -0.139. The predicted octanol–water partition coefficient (Wildman–Crippen LogP) is 2.57. The number of aryl methyl sites for hydroxylation is 2. The van der Waals surface area contributed by atoms with Crippen molar-refractivity contribution in [3.63, 3.8) is 0 Å². The molecule has 2 aromatic carbocycles. The van der Waals surface area contributed by atoms with Gasteiger partial charge < -0.3 is 19.6 Å². The molecule has 0 saturated carbocycles. The summed E-state index contributed by atoms with van der Waals surface area (Å²) in [4.78, 5) is 39.8. The van der Waals surface area contributed by atoms with Crippen molar-refractivity contribution in [3.05, 3.63) is 58.7 Å². The SMILES string of the molecule is Cc1ccc(C)c(OC(C)C(=O)N2CCN(C(=O)c3ccc(O)c(C=O)c3)CC2)c1. The van der Waals surface area contributed by atoms with Gasteiger partial charge in [-0.1, -0.05) is 12.1 Å². The molecule has 1 fully saturated rings. The van der Waals surface area contributed by atoms with Crippen LogP contribution < -0.4 is 4.74 Å². The van der Waals surface area contributed by atoms with E-state index in [1.165, 1.54) is 18.2 Å². The van der Waals surface area contributed by atoms with Crippen LogP contribution in [0.25, 0.3) is 0 Å². The van der Waals surface area contributed by atoms with E-state index in [4.69, 9.17) is 4.74 Å². The van der Waals surface area contributed by atoms with Crippen LogP contribution in [0.15, 0.2) is 36.4 Å². The Balaban J connectivity index is 1.59. The minimum atomic E-state index is -0.625. The van der Waals surface area contributed by atoms with Crippen molar-refractivity contribution in [1.29, 1.82) is 0 Å². The van der Waals surface area contributed by atoms with Gasteiger partial charge in [-0.25, -0.2) is 0 Å². The third kappa shape index (κ3) is 4.62. The average molecular weight is 410 g/mol. The van der Waals surface area contributed by atoms with Gasteiger partial charge in [-0.15, -0.1) is 0 Å². The first-order valence-corrected chi connectivity index (χ1v) is 9.90. The molecule has 0 aliphatic carbocycles. The van der Waals surface area contributed by atoms with E-state index in [-0.39, 0.29) is 23.1 Å². The average Bonchev–Trinajstić information content (AvgIpc) is 2.75. The highest BCUT2D eigenvalue weighted by atomic mass is 16.5. The Hall–Kier alpha value is -3.35. The van der Waals surface area contributed by atoms with Crippen molar-refractivity contribution in [2.45, 2.75) is 26.9 Å². The van der Waals surface area contributed by atoms with E-state index in [2.05, 4.69) is 0 Å². The number of piperazine rings is 1. The van der Waals surface area contributed by atoms with E-state index in [0.29, 0.717) is 43.8 Å². The van der Waals surface area contributed by atoms with Crippen LogP contribution in [-0.2, 0) is 4.79 Å². The lowest BCUT2D eigenvalue weighted by Crippen LogP contribution is -2.53. The van der Waals surface area contributed by atoms with Crippen LogP contribution in [0.2, 0.25) is 0 Å². The van der Waals surface area contributed by atoms with E-state index in [1.807, 2.05) is 32.0 Å². The number of carbonyl (C=O) groups excluding carboxylic acids is 3. The van der Waals surface area contributed by atoms with Gasteiger partial charge in [0.05, 0.1) is 5.56 Å². The zero-order chi connectivity index (χ0) is 21.8. The van der Waals surface area contributed by atoms with Crippen molar-refractivity contribution < 1.29 is 24.2 Å². The molecule has 0 bridgehead atoms. The van der Waals surface area contributed by atoms with Crippen molar-refractivity contribution in [1.82, 2.24) is 9.80 Å². The largest absolute Gasteiger partial charge is 0.507 e. The van der Waals surface area contributed by atoms with Gasteiger partial charge >= 0.3 is 0 Å². The summed E-state index contributed by atoms with van der Waals surface area (Å²) in [6.07, 6.45) is -0.111. The van der Waals surface area contributed by atoms with E-state index in [1.54, 1.807) is 16.7 Å². The zero-order valence-electron chi connectivity index (χ0n) is 17.4. The third-order valence-electron chi connectivity index (χ3n) is 5.28. The number of ether oxygens (including phenoxy) is 1. The molecule has 1 N–H and O–H groups in total. The van der Waals surface area contributed by atoms with Crippen LogP contribution in [0, 0.1) is 13.8 Å². The number of hydrogen-bond donors (Lipinski definition) is 1. The highest BCUT2D eigenvalue weighted by Gasteiger charge is 2.28. The molecule has 0 aromatic heterocycles. The van der Waals surface area contributed by atoms with E-state index < -0.39 is 6.10 Å². The Morgan fingerprint density at radius 3 is 2.37 bits per heavy atom. The first-order valence-electron chi connectivity index (χ1n) is 9.90. The molecule has 0 spiro atoms. The fourth-order valence-electron chi connectivity index (χ4n) is 3.43. The van der Waals surface area contributed by atoms with Crippen molar-refractivity contribution >= 4 is 18.1 Å². The van der Waals surface area contributed by atoms with Gasteiger partial charge in [0.2, 0.25) is 0 Å². The number of phenols is 1. The number of phenolic OH excluding ortho intramolecular Hbond substituents is 1. The quantitative estimate of drug-likeness (QED) is 0.766. The molecule has 30 heavy (non-hydrogen) atoms. The normalized spacial score (nSPS) is 14.9. The Kier molecular flexibility index (Phi) is 6.40. The van der Waals surface area contributed by atoms with Crippen LogP contribution in [0.5, 0.6) is 11.5 Å². The molecule has 2 amide bonds. The molecular formula is C23H26N2O5. The molecule has 2 aromatic rings. The smallest absolute Gasteiger partial charge is 0.263 e. The minimum Gasteiger partial charge on any atom is -0.507 e. The number of benzene rings is 2. The number of carbonyl (C=O) groups is 3. The lowest BCUT2D eigenvalue weighted by Gasteiger charge is -2.36. The topological polar surface area (TPSA) is 87.2 Å². The predicted molar refractivity (Wildman–Crippen MR) is 112 cm³/mol. The van der Waals surface area contributed by atoms with Gasteiger partial charge in [0, 0.05) is 31.7 Å². The second-order valence-corrected chi connectivity index (χ2v) is 7.54. The molecule has 7 nitrogen and oxygen atoms in total. The standard InChI is InChI=1S/C23H26N2O5/c1-15-4-5-16(2)21(12-15)30-17(3)22(28)24-8-10-25(11-9-24)23(29)18-6-7-20(27)19(13-18)14-26/h4-7,12-14,17,27H,8-11H2,1-3H3. The minimum absolute atomic E-state index is 0.0760. The fourth-order valence-corrected chi connectivity index (χ4v) is 3.43. The molecule has 0 radical (unpaired) electrons. The van der Waals surface area contributed by atoms with Crippen LogP contribution in [0.1, 0.15) is 38.8 Å². The highest BCUT2D eigenvalue weighted by molar-refractivity contribution is 5.96. The fraction of sp³-hybridized carbons (Fsp3) is 0.348. The maximum Gasteiger partial charge on any atom is 0.263 e. The number of aromatic hydroxyl groups is 1. The second kappa shape index (κ2) is 8.98. The van der Waals surface area contributed by atoms with Crippen LogP contribution in [0.3, 0.4) is 0 Å². The number of hydrogen-bond acceptors (Lipinski definition) is 5. The first-order chi connectivity index (χ1) is 14.3. The van der Waals surface area contributed by atoms with Gasteiger partial charge in [-0.3, -0.25) is 14.4 Å². The molecule has 1 heterocycles. The summed E-state index contributed by atoms with van der Waals surface area (Å²) in [7, 11) is 0. The molecule has 1 atom stereocenters. The second-order valence-electron chi connectivity index (χ2n) is 7.54. The number of nitrogens with zero attached hydrogens (tertiary/aromatic N) is 2. The lowest BCUT2D eigenvalue weighted by atomic mass is 10.1. The molecule has 7 heteroatoms. The maximum atomic E-state index is 12.8. The molecule has 158 valence electrons. The molecule has 1 aliphatic heterocycles. The summed E-state index contributed by atoms with van der Waals surface area (Å²) < 4.78 is 5.89. The Labute approximate surface area is 175 Å². The van der Waals surface area contributed by atoms with Crippen LogP contribution in [0.4, 0.5) is 0 Å². The summed E-state index contributed by atoms with van der Waals surface area (Å²) in [6.45, 7) is 7.24. The zero-order valence-corrected chi connectivity index (χ0v) is 17.4. The van der Waals surface area contributed by atoms with Crippen molar-refractivity contribution in [2.24, 2.45) is 0 Å². The molecule has 1 saturated heterocycles. The number of aldehydes is 1. The first kappa shape index (κ1) is 21.4. The number of amides is 2. The summed E-state index contributed by atoms with van der Waals surface area (Å²) in [5.74, 6) is 0.193. The van der Waals surface area contributed by atoms with Crippen molar-refractivity contribution in [2.75, 3.05) is 26.2 Å². The third-order valence-corrected chi connectivity index (χ3v) is 5.28. The Bertz CT molecular complexity index is 964. The molecular weight excluding hydrogens is 384 g/mol. The van der Waals surface area contributed by atoms with Gasteiger partial charge in [-0.2, -0.15) is 0 Å². The van der Waals surface area contributed by atoms with Gasteiger partial charge in [-0.05, 0) is 56.2 Å². The Morgan fingerprint density at radius 1 is 1.03 bits per heavy atom. The molecule has 1 unspecified atom stereocenters. The van der Waals surface area contributed by atoms with Crippen molar-refractivity contribution in [3.8, 4) is 11.5 Å². The van der Waals surface area contributed by atoms with Gasteiger partial charge in [0.15, 0.2) is 12.4 Å². The van der Waals surface area contributed by atoms with Gasteiger partial charge in [0.1, 0.15) is 11.5 Å². The Morgan fingerprint density at radius 2 is 1.70 bits per heavy atom. The van der Waals surface area contributed by atoms with Crippen LogP contribution in [-0.4, -0.2) is 65.3 Å². The monoisotopic (exact) mass is 410 g/mol. The van der Waals surface area contributed by atoms with E-state index in [9.17, 15) is 19.5 Å². The molecule has 3 rings (SSSR count). The summed E-state index contributed by atoms with van der Waals surface area (Å²) in [5.41, 5.74) is 2.45. The summed E-state index contributed by atoms with van der Waals surface area (Å²) >= 11 is 0. The van der Waals surface area contributed by atoms with E-state index >= 15 is 0 Å². The number of rotatable bonds is 5.